The maximum absolute atomic E-state index is 10.3. The van der Waals surface area contributed by atoms with Crippen molar-refractivity contribution in [2.24, 2.45) is 0 Å². The van der Waals surface area contributed by atoms with Gasteiger partial charge >= 0.3 is 0 Å². The molecule has 1 fully saturated rings. The van der Waals surface area contributed by atoms with Crippen LogP contribution in [0.4, 0.5) is 0 Å². The van der Waals surface area contributed by atoms with Gasteiger partial charge in [0.25, 0.3) is 0 Å². The van der Waals surface area contributed by atoms with E-state index in [9.17, 15) is 9.59 Å². The zero-order valence-corrected chi connectivity index (χ0v) is 4.26. The first-order chi connectivity index (χ1) is 3.83. The first kappa shape index (κ1) is 5.08. The summed E-state index contributed by atoms with van der Waals surface area (Å²) in [5.74, 6) is -0.0860. The Labute approximate surface area is 46.4 Å². The fraction of sp³-hybridized carbons (Fsp3) is 0.500. The fourth-order valence-electron chi connectivity index (χ4n) is 0.573. The zero-order valence-electron chi connectivity index (χ0n) is 4.26. The fourth-order valence-corrected chi connectivity index (χ4v) is 0.573. The number of carbonyl (C=O) groups is 2. The first-order valence-corrected chi connectivity index (χ1v) is 2.34. The Hall–Kier alpha value is -1.06. The molecule has 1 aliphatic rings. The molecule has 1 N–H and O–H groups in total. The molecule has 1 heterocycles. The SMILES string of the molecule is O=CN1CCC(=O)N1. The van der Waals surface area contributed by atoms with E-state index in [2.05, 4.69) is 5.43 Å². The molecule has 1 aliphatic heterocycles. The smallest absolute Gasteiger partial charge is 0.240 e. The Bertz CT molecular complexity index is 123. The molecule has 44 valence electrons. The molecule has 0 radical (unpaired) electrons. The molecule has 0 aromatic carbocycles. The number of carbonyl (C=O) groups excluding carboxylic acids is 2. The van der Waals surface area contributed by atoms with Gasteiger partial charge in [-0.3, -0.25) is 20.0 Å². The summed E-state index contributed by atoms with van der Waals surface area (Å²) in [5, 5.41) is 1.22. The van der Waals surface area contributed by atoms with Crippen LogP contribution in [-0.2, 0) is 9.59 Å². The van der Waals surface area contributed by atoms with E-state index in [1.54, 1.807) is 0 Å². The van der Waals surface area contributed by atoms with Crippen LogP contribution in [0.5, 0.6) is 0 Å². The van der Waals surface area contributed by atoms with Crippen LogP contribution in [0.2, 0.25) is 0 Å². The van der Waals surface area contributed by atoms with Crippen LogP contribution in [0.15, 0.2) is 0 Å². The van der Waals surface area contributed by atoms with Crippen LogP contribution in [0.1, 0.15) is 6.42 Å². The quantitative estimate of drug-likeness (QED) is 0.439. The molecule has 2 amide bonds. The molecule has 1 rings (SSSR count). The monoisotopic (exact) mass is 114 g/mol. The maximum atomic E-state index is 10.3. The van der Waals surface area contributed by atoms with E-state index in [0.717, 1.165) is 0 Å². The number of nitrogens with zero attached hydrogens (tertiary/aromatic N) is 1. The highest BCUT2D eigenvalue weighted by molar-refractivity contribution is 5.79. The van der Waals surface area contributed by atoms with E-state index < -0.39 is 0 Å². The number of nitrogens with one attached hydrogen (secondary N) is 1. The lowest BCUT2D eigenvalue weighted by Crippen LogP contribution is -2.31. The third-order valence-electron chi connectivity index (χ3n) is 0.975. The first-order valence-electron chi connectivity index (χ1n) is 2.34. The van der Waals surface area contributed by atoms with Crippen molar-refractivity contribution in [3.05, 3.63) is 0 Å². The van der Waals surface area contributed by atoms with E-state index in [0.29, 0.717) is 19.4 Å². The van der Waals surface area contributed by atoms with Crippen LogP contribution < -0.4 is 5.43 Å². The number of rotatable bonds is 1. The van der Waals surface area contributed by atoms with Gasteiger partial charge in [-0.25, -0.2) is 0 Å². The summed E-state index contributed by atoms with van der Waals surface area (Å²) in [5.41, 5.74) is 2.33. The minimum Gasteiger partial charge on any atom is -0.277 e. The van der Waals surface area contributed by atoms with Gasteiger partial charge in [0.1, 0.15) is 0 Å². The summed E-state index contributed by atoms with van der Waals surface area (Å²) in [7, 11) is 0. The highest BCUT2D eigenvalue weighted by atomic mass is 16.2. The molecule has 4 heteroatoms. The van der Waals surface area contributed by atoms with Crippen LogP contribution in [-0.4, -0.2) is 23.9 Å². The Balaban J connectivity index is 2.43. The molecular formula is C4H6N2O2. The second-order valence-corrected chi connectivity index (χ2v) is 1.58. The Morgan fingerprint density at radius 2 is 2.50 bits per heavy atom. The van der Waals surface area contributed by atoms with Crippen molar-refractivity contribution in [1.29, 1.82) is 0 Å². The lowest BCUT2D eigenvalue weighted by molar-refractivity contribution is -0.127. The van der Waals surface area contributed by atoms with Gasteiger partial charge in [-0.15, -0.1) is 0 Å². The van der Waals surface area contributed by atoms with E-state index in [1.807, 2.05) is 0 Å². The summed E-state index contributed by atoms with van der Waals surface area (Å²) in [4.78, 5) is 20.2. The molecule has 0 atom stereocenters. The summed E-state index contributed by atoms with van der Waals surface area (Å²) >= 11 is 0. The lowest BCUT2D eigenvalue weighted by atomic mass is 10.4. The van der Waals surface area contributed by atoms with Gasteiger partial charge in [0.2, 0.25) is 12.3 Å². The van der Waals surface area contributed by atoms with Crippen LogP contribution in [0, 0.1) is 0 Å². The minimum absolute atomic E-state index is 0.0860. The molecule has 0 aromatic rings. The van der Waals surface area contributed by atoms with Crippen molar-refractivity contribution in [3.8, 4) is 0 Å². The second-order valence-electron chi connectivity index (χ2n) is 1.58. The van der Waals surface area contributed by atoms with Gasteiger partial charge < -0.3 is 0 Å². The molecular weight excluding hydrogens is 108 g/mol. The minimum atomic E-state index is -0.0860. The summed E-state index contributed by atoms with van der Waals surface area (Å²) in [6.07, 6.45) is 1.03. The van der Waals surface area contributed by atoms with Crippen molar-refractivity contribution < 1.29 is 9.59 Å². The Kier molecular flexibility index (Phi) is 1.15. The highest BCUT2D eigenvalue weighted by Gasteiger charge is 2.14. The molecule has 0 aromatic heterocycles. The van der Waals surface area contributed by atoms with Gasteiger partial charge in [0, 0.05) is 6.42 Å². The second kappa shape index (κ2) is 1.81. The number of amides is 2. The van der Waals surface area contributed by atoms with E-state index >= 15 is 0 Å². The number of hydrogen-bond acceptors (Lipinski definition) is 2. The maximum Gasteiger partial charge on any atom is 0.240 e. The van der Waals surface area contributed by atoms with Gasteiger partial charge in [-0.05, 0) is 0 Å². The highest BCUT2D eigenvalue weighted by Crippen LogP contribution is 1.92. The van der Waals surface area contributed by atoms with Crippen molar-refractivity contribution >= 4 is 12.3 Å². The Morgan fingerprint density at radius 1 is 1.75 bits per heavy atom. The molecule has 0 saturated carbocycles. The molecule has 0 aliphatic carbocycles. The largest absolute Gasteiger partial charge is 0.277 e. The van der Waals surface area contributed by atoms with E-state index in [1.165, 1.54) is 5.01 Å². The van der Waals surface area contributed by atoms with Gasteiger partial charge in [0.15, 0.2) is 0 Å². The topological polar surface area (TPSA) is 49.4 Å². The molecule has 0 spiro atoms. The standard InChI is InChI=1S/C4H6N2O2/c7-3-6-2-1-4(8)5-6/h3H,1-2H2,(H,5,8). The Morgan fingerprint density at radius 3 is 2.75 bits per heavy atom. The lowest BCUT2D eigenvalue weighted by Gasteiger charge is -2.04. The zero-order chi connectivity index (χ0) is 5.98. The van der Waals surface area contributed by atoms with Crippen LogP contribution in [0.25, 0.3) is 0 Å². The number of hydrazine groups is 1. The predicted molar refractivity (Wildman–Crippen MR) is 25.5 cm³/mol. The third-order valence-corrected chi connectivity index (χ3v) is 0.975. The third kappa shape index (κ3) is 0.776. The van der Waals surface area contributed by atoms with Crippen molar-refractivity contribution in [2.75, 3.05) is 6.54 Å². The van der Waals surface area contributed by atoms with E-state index in [4.69, 9.17) is 0 Å². The predicted octanol–water partition coefficient (Wildman–Crippen LogP) is -1.12. The molecule has 8 heavy (non-hydrogen) atoms. The van der Waals surface area contributed by atoms with Crippen LogP contribution >= 0.6 is 0 Å². The van der Waals surface area contributed by atoms with Crippen LogP contribution in [0.3, 0.4) is 0 Å². The summed E-state index contributed by atoms with van der Waals surface area (Å²) in [6.45, 7) is 0.502. The molecule has 4 nitrogen and oxygen atoms in total. The molecule has 1 saturated heterocycles. The molecule has 0 unspecified atom stereocenters. The average molecular weight is 114 g/mol. The average Bonchev–Trinajstić information content (AvgIpc) is 2.14. The normalized spacial score (nSPS) is 18.5. The summed E-state index contributed by atoms with van der Waals surface area (Å²) < 4.78 is 0. The van der Waals surface area contributed by atoms with E-state index in [-0.39, 0.29) is 5.91 Å². The molecule has 0 bridgehead atoms. The van der Waals surface area contributed by atoms with Crippen molar-refractivity contribution in [3.63, 3.8) is 0 Å². The number of hydrogen-bond donors (Lipinski definition) is 1. The van der Waals surface area contributed by atoms with Gasteiger partial charge in [0.05, 0.1) is 6.54 Å². The van der Waals surface area contributed by atoms with Crippen molar-refractivity contribution in [1.82, 2.24) is 10.4 Å². The van der Waals surface area contributed by atoms with Crippen molar-refractivity contribution in [2.45, 2.75) is 6.42 Å². The van der Waals surface area contributed by atoms with Gasteiger partial charge in [-0.2, -0.15) is 0 Å². The van der Waals surface area contributed by atoms with Gasteiger partial charge in [-0.1, -0.05) is 0 Å². The summed E-state index contributed by atoms with van der Waals surface area (Å²) in [6, 6.07) is 0.